The normalized spacial score (nSPS) is 31.8. The number of hydrogen-bond acceptors (Lipinski definition) is 3. The van der Waals surface area contributed by atoms with E-state index >= 15 is 0 Å². The van der Waals surface area contributed by atoms with Gasteiger partial charge in [0.25, 0.3) is 0 Å². The van der Waals surface area contributed by atoms with Crippen LogP contribution in [0.2, 0.25) is 0 Å². The van der Waals surface area contributed by atoms with Crippen LogP contribution in [0.1, 0.15) is 25.7 Å². The molecule has 2 saturated heterocycles. The molecule has 0 aromatic heterocycles. The van der Waals surface area contributed by atoms with Crippen LogP contribution in [0.25, 0.3) is 0 Å². The maximum atomic E-state index is 9.43. The molecule has 3 atom stereocenters. The van der Waals surface area contributed by atoms with Gasteiger partial charge in [-0.3, -0.25) is 0 Å². The summed E-state index contributed by atoms with van der Waals surface area (Å²) in [6.45, 7) is 0. The van der Waals surface area contributed by atoms with E-state index in [2.05, 4.69) is 27.9 Å². The first-order chi connectivity index (χ1) is 8.63. The maximum Gasteiger partial charge on any atom is 0.116 e. The van der Waals surface area contributed by atoms with Gasteiger partial charge in [-0.05, 0) is 66.9 Å². The molecule has 1 aromatic rings. The molecule has 0 saturated carbocycles. The number of nitrogens with zero attached hydrogens (tertiary/aromatic N) is 1. The van der Waals surface area contributed by atoms with E-state index in [4.69, 9.17) is 0 Å². The monoisotopic (exact) mass is 327 g/mol. The third-order valence-electron chi connectivity index (χ3n) is 4.26. The zero-order chi connectivity index (χ0) is 12.7. The predicted molar refractivity (Wildman–Crippen MR) is 79.3 cm³/mol. The van der Waals surface area contributed by atoms with Crippen LogP contribution in [-0.4, -0.2) is 34.4 Å². The van der Waals surface area contributed by atoms with Crippen molar-refractivity contribution in [2.45, 2.75) is 47.9 Å². The van der Waals surface area contributed by atoms with E-state index in [1.54, 1.807) is 12.1 Å². The third kappa shape index (κ3) is 2.43. The van der Waals surface area contributed by atoms with Crippen molar-refractivity contribution in [1.82, 2.24) is 4.90 Å². The fourth-order valence-corrected chi connectivity index (χ4v) is 5.18. The molecule has 4 heteroatoms. The van der Waals surface area contributed by atoms with Crippen LogP contribution in [0.4, 0.5) is 0 Å². The smallest absolute Gasteiger partial charge is 0.116 e. The Morgan fingerprint density at radius 2 is 1.94 bits per heavy atom. The summed E-state index contributed by atoms with van der Waals surface area (Å²) in [7, 11) is 2.28. The Kier molecular flexibility index (Phi) is 3.61. The summed E-state index contributed by atoms with van der Waals surface area (Å²) >= 11 is 5.51. The lowest BCUT2D eigenvalue weighted by Crippen LogP contribution is -2.40. The molecule has 1 aromatic carbocycles. The molecule has 0 spiro atoms. The number of benzene rings is 1. The van der Waals surface area contributed by atoms with E-state index < -0.39 is 0 Å². The van der Waals surface area contributed by atoms with Crippen molar-refractivity contribution in [2.24, 2.45) is 0 Å². The van der Waals surface area contributed by atoms with E-state index in [1.807, 2.05) is 17.8 Å². The molecular formula is C14H18BrNOS. The number of phenols is 1. The fourth-order valence-electron chi connectivity index (χ4n) is 3.22. The summed E-state index contributed by atoms with van der Waals surface area (Å²) in [5.74, 6) is 0.328. The standard InChI is InChI=1S/C14H18BrNOS/c1-16-9-2-3-10(16)7-12(6-9)18-14-5-4-11(17)8-13(14)15/h4-5,8-10,12,17H,2-3,6-7H2,1H3/t9-,10+,12?. The summed E-state index contributed by atoms with van der Waals surface area (Å²) in [6, 6.07) is 7.15. The Morgan fingerprint density at radius 1 is 1.28 bits per heavy atom. The van der Waals surface area contributed by atoms with Gasteiger partial charge in [-0.1, -0.05) is 0 Å². The van der Waals surface area contributed by atoms with Gasteiger partial charge in [-0.15, -0.1) is 11.8 Å². The van der Waals surface area contributed by atoms with E-state index in [-0.39, 0.29) is 0 Å². The summed E-state index contributed by atoms with van der Waals surface area (Å²) in [4.78, 5) is 3.82. The number of thioether (sulfide) groups is 1. The Bertz CT molecular complexity index is 439. The zero-order valence-electron chi connectivity index (χ0n) is 10.5. The molecule has 2 bridgehead atoms. The van der Waals surface area contributed by atoms with Gasteiger partial charge in [0, 0.05) is 26.7 Å². The number of halogens is 1. The molecule has 2 fully saturated rings. The second kappa shape index (κ2) is 5.06. The molecule has 2 nitrogen and oxygen atoms in total. The van der Waals surface area contributed by atoms with Crippen molar-refractivity contribution >= 4 is 27.7 Å². The Morgan fingerprint density at radius 3 is 2.56 bits per heavy atom. The van der Waals surface area contributed by atoms with E-state index in [1.165, 1.54) is 30.6 Å². The Labute approximate surface area is 121 Å². The molecule has 1 N–H and O–H groups in total. The van der Waals surface area contributed by atoms with Crippen molar-refractivity contribution in [1.29, 1.82) is 0 Å². The van der Waals surface area contributed by atoms with Gasteiger partial charge in [-0.25, -0.2) is 0 Å². The minimum absolute atomic E-state index is 0.328. The molecule has 3 rings (SSSR count). The van der Waals surface area contributed by atoms with Crippen molar-refractivity contribution < 1.29 is 5.11 Å². The lowest BCUT2D eigenvalue weighted by Gasteiger charge is -2.36. The van der Waals surface area contributed by atoms with E-state index in [9.17, 15) is 5.11 Å². The van der Waals surface area contributed by atoms with Gasteiger partial charge < -0.3 is 10.0 Å². The van der Waals surface area contributed by atoms with Crippen LogP contribution in [-0.2, 0) is 0 Å². The SMILES string of the molecule is CN1[C@@H]2CC[C@H]1CC(Sc1ccc(O)cc1Br)C2. The van der Waals surface area contributed by atoms with Gasteiger partial charge in [0.1, 0.15) is 5.75 Å². The molecule has 2 aliphatic rings. The lowest BCUT2D eigenvalue weighted by atomic mass is 10.0. The average Bonchev–Trinajstić information content (AvgIpc) is 2.57. The van der Waals surface area contributed by atoms with Crippen molar-refractivity contribution in [3.05, 3.63) is 22.7 Å². The molecule has 0 radical (unpaired) electrons. The quantitative estimate of drug-likeness (QED) is 0.891. The van der Waals surface area contributed by atoms with Gasteiger partial charge in [0.05, 0.1) is 0 Å². The highest BCUT2D eigenvalue weighted by Crippen LogP contribution is 2.43. The molecule has 98 valence electrons. The predicted octanol–water partition coefficient (Wildman–Crippen LogP) is 3.87. The minimum atomic E-state index is 0.328. The highest BCUT2D eigenvalue weighted by Gasteiger charge is 2.38. The summed E-state index contributed by atoms with van der Waals surface area (Å²) in [6.07, 6.45) is 5.33. The highest BCUT2D eigenvalue weighted by molar-refractivity contribution is 9.10. The summed E-state index contributed by atoms with van der Waals surface area (Å²) in [5, 5.41) is 10.1. The minimum Gasteiger partial charge on any atom is -0.508 e. The Balaban J connectivity index is 1.70. The third-order valence-corrected chi connectivity index (χ3v) is 6.51. The molecule has 1 unspecified atom stereocenters. The molecule has 2 heterocycles. The molecule has 18 heavy (non-hydrogen) atoms. The number of aromatic hydroxyl groups is 1. The summed E-state index contributed by atoms with van der Waals surface area (Å²) in [5.41, 5.74) is 0. The van der Waals surface area contributed by atoms with Crippen LogP contribution in [0, 0.1) is 0 Å². The van der Waals surface area contributed by atoms with Gasteiger partial charge in [0.15, 0.2) is 0 Å². The first-order valence-electron chi connectivity index (χ1n) is 6.50. The van der Waals surface area contributed by atoms with E-state index in [0.717, 1.165) is 21.8 Å². The average molecular weight is 328 g/mol. The largest absolute Gasteiger partial charge is 0.508 e. The van der Waals surface area contributed by atoms with Crippen LogP contribution < -0.4 is 0 Å². The van der Waals surface area contributed by atoms with Crippen molar-refractivity contribution in [2.75, 3.05) is 7.05 Å². The fraction of sp³-hybridized carbons (Fsp3) is 0.571. The van der Waals surface area contributed by atoms with Crippen molar-refractivity contribution in [3.8, 4) is 5.75 Å². The second-order valence-electron chi connectivity index (χ2n) is 5.38. The number of fused-ring (bicyclic) bond motifs is 2. The second-order valence-corrected chi connectivity index (χ2v) is 7.57. The molecule has 0 amide bonds. The van der Waals surface area contributed by atoms with Crippen LogP contribution in [0.15, 0.2) is 27.6 Å². The lowest BCUT2D eigenvalue weighted by molar-refractivity contribution is 0.183. The number of piperidine rings is 1. The van der Waals surface area contributed by atoms with Crippen LogP contribution in [0.3, 0.4) is 0 Å². The molecule has 2 aliphatic heterocycles. The number of phenolic OH excluding ortho intramolecular Hbond substituents is 1. The molecule has 0 aliphatic carbocycles. The maximum absolute atomic E-state index is 9.43. The molecular weight excluding hydrogens is 310 g/mol. The highest BCUT2D eigenvalue weighted by atomic mass is 79.9. The van der Waals surface area contributed by atoms with Crippen molar-refractivity contribution in [3.63, 3.8) is 0 Å². The van der Waals surface area contributed by atoms with Gasteiger partial charge in [-0.2, -0.15) is 0 Å². The summed E-state index contributed by atoms with van der Waals surface area (Å²) < 4.78 is 1.01. The Hall–Kier alpha value is -0.190. The van der Waals surface area contributed by atoms with Crippen LogP contribution in [0.5, 0.6) is 5.75 Å². The van der Waals surface area contributed by atoms with Gasteiger partial charge in [0.2, 0.25) is 0 Å². The first kappa shape index (κ1) is 12.8. The number of rotatable bonds is 2. The zero-order valence-corrected chi connectivity index (χ0v) is 12.9. The topological polar surface area (TPSA) is 23.5 Å². The number of hydrogen-bond donors (Lipinski definition) is 1. The van der Waals surface area contributed by atoms with Gasteiger partial charge >= 0.3 is 0 Å². The first-order valence-corrected chi connectivity index (χ1v) is 8.18. The van der Waals surface area contributed by atoms with E-state index in [0.29, 0.717) is 5.75 Å². The van der Waals surface area contributed by atoms with Crippen LogP contribution >= 0.6 is 27.7 Å².